The van der Waals surface area contributed by atoms with Crippen molar-refractivity contribution in [2.75, 3.05) is 5.32 Å². The Kier molecular flexibility index (Phi) is 3.80. The van der Waals surface area contributed by atoms with Gasteiger partial charge in [-0.3, -0.25) is 9.48 Å². The van der Waals surface area contributed by atoms with Crippen LogP contribution >= 0.6 is 0 Å². The highest BCUT2D eigenvalue weighted by molar-refractivity contribution is 6.05. The summed E-state index contributed by atoms with van der Waals surface area (Å²) < 4.78 is 42.3. The molecule has 10 heteroatoms. The zero-order chi connectivity index (χ0) is 17.3. The van der Waals surface area contributed by atoms with Crippen LogP contribution in [-0.4, -0.2) is 30.5 Å². The van der Waals surface area contributed by atoms with E-state index in [0.717, 1.165) is 6.20 Å². The van der Waals surface area contributed by atoms with Crippen LogP contribution in [-0.2, 0) is 13.2 Å². The molecule has 3 rings (SSSR count). The SMILES string of the molecule is Cn1cc(NC(=O)c2cnn(-c3ccccn3)c2C(F)(F)F)cn1. The number of aryl methyl sites for hydroxylation is 1. The van der Waals surface area contributed by atoms with E-state index < -0.39 is 23.3 Å². The second-order valence-corrected chi connectivity index (χ2v) is 4.86. The summed E-state index contributed by atoms with van der Waals surface area (Å²) in [5.41, 5.74) is -1.51. The maximum atomic E-state index is 13.4. The average molecular weight is 336 g/mol. The van der Waals surface area contributed by atoms with Gasteiger partial charge in [-0.15, -0.1) is 0 Å². The van der Waals surface area contributed by atoms with Gasteiger partial charge in [-0.2, -0.15) is 23.4 Å². The molecule has 0 saturated carbocycles. The third kappa shape index (κ3) is 2.98. The quantitative estimate of drug-likeness (QED) is 0.796. The predicted octanol–water partition coefficient (Wildman–Crippen LogP) is 2.27. The van der Waals surface area contributed by atoms with E-state index in [-0.39, 0.29) is 11.5 Å². The van der Waals surface area contributed by atoms with Gasteiger partial charge in [-0.25, -0.2) is 9.67 Å². The van der Waals surface area contributed by atoms with Crippen molar-refractivity contribution in [3.8, 4) is 5.82 Å². The van der Waals surface area contributed by atoms with E-state index in [2.05, 4.69) is 20.5 Å². The van der Waals surface area contributed by atoms with Crippen LogP contribution in [0.3, 0.4) is 0 Å². The molecule has 24 heavy (non-hydrogen) atoms. The van der Waals surface area contributed by atoms with Crippen LogP contribution < -0.4 is 5.32 Å². The molecule has 3 aromatic rings. The van der Waals surface area contributed by atoms with Crippen LogP contribution in [0, 0.1) is 0 Å². The van der Waals surface area contributed by atoms with Crippen molar-refractivity contribution in [3.63, 3.8) is 0 Å². The van der Waals surface area contributed by atoms with Crippen molar-refractivity contribution >= 4 is 11.6 Å². The van der Waals surface area contributed by atoms with Crippen molar-refractivity contribution in [2.24, 2.45) is 7.05 Å². The number of carbonyl (C=O) groups excluding carboxylic acids is 1. The summed E-state index contributed by atoms with van der Waals surface area (Å²) in [6, 6.07) is 4.46. The van der Waals surface area contributed by atoms with Gasteiger partial charge in [0.25, 0.3) is 5.91 Å². The topological polar surface area (TPSA) is 77.6 Å². The van der Waals surface area contributed by atoms with Gasteiger partial charge in [0.15, 0.2) is 11.5 Å². The molecule has 0 aliphatic carbocycles. The molecule has 3 aromatic heterocycles. The Balaban J connectivity index is 2.02. The van der Waals surface area contributed by atoms with Gasteiger partial charge < -0.3 is 5.32 Å². The molecule has 7 nitrogen and oxygen atoms in total. The van der Waals surface area contributed by atoms with E-state index in [1.165, 1.54) is 35.4 Å². The van der Waals surface area contributed by atoms with Crippen molar-refractivity contribution in [1.82, 2.24) is 24.5 Å². The number of halogens is 3. The highest BCUT2D eigenvalue weighted by Gasteiger charge is 2.40. The lowest BCUT2D eigenvalue weighted by atomic mass is 10.2. The van der Waals surface area contributed by atoms with Gasteiger partial charge in [-0.1, -0.05) is 6.07 Å². The van der Waals surface area contributed by atoms with Crippen molar-refractivity contribution < 1.29 is 18.0 Å². The van der Waals surface area contributed by atoms with Crippen LogP contribution in [0.25, 0.3) is 5.82 Å². The lowest BCUT2D eigenvalue weighted by molar-refractivity contribution is -0.143. The molecule has 0 bridgehead atoms. The third-order valence-electron chi connectivity index (χ3n) is 3.11. The maximum absolute atomic E-state index is 13.4. The van der Waals surface area contributed by atoms with Gasteiger partial charge in [0.2, 0.25) is 0 Å². The number of aromatic nitrogens is 5. The number of amides is 1. The first-order chi connectivity index (χ1) is 11.4. The van der Waals surface area contributed by atoms with E-state index >= 15 is 0 Å². The molecule has 124 valence electrons. The number of hydrogen-bond acceptors (Lipinski definition) is 4. The second-order valence-electron chi connectivity index (χ2n) is 4.86. The number of nitrogens with zero attached hydrogens (tertiary/aromatic N) is 5. The van der Waals surface area contributed by atoms with E-state index in [9.17, 15) is 18.0 Å². The molecule has 0 spiro atoms. The van der Waals surface area contributed by atoms with Crippen molar-refractivity contribution in [3.05, 3.63) is 54.2 Å². The fraction of sp³-hybridized carbons (Fsp3) is 0.143. The average Bonchev–Trinajstić information content (AvgIpc) is 3.14. The number of rotatable bonds is 3. The lowest BCUT2D eigenvalue weighted by Gasteiger charge is -2.11. The minimum Gasteiger partial charge on any atom is -0.319 e. The fourth-order valence-corrected chi connectivity index (χ4v) is 2.12. The Morgan fingerprint density at radius 3 is 2.58 bits per heavy atom. The first-order valence-electron chi connectivity index (χ1n) is 6.73. The molecule has 0 aromatic carbocycles. The summed E-state index contributed by atoms with van der Waals surface area (Å²) in [6.07, 6.45) is 0.216. The molecule has 1 N–H and O–H groups in total. The highest BCUT2D eigenvalue weighted by Crippen LogP contribution is 2.33. The number of hydrogen-bond donors (Lipinski definition) is 1. The van der Waals surface area contributed by atoms with Crippen LogP contribution in [0.5, 0.6) is 0 Å². The van der Waals surface area contributed by atoms with Crippen LogP contribution in [0.1, 0.15) is 16.1 Å². The normalized spacial score (nSPS) is 11.5. The molecule has 0 aliphatic rings. The van der Waals surface area contributed by atoms with Crippen LogP contribution in [0.2, 0.25) is 0 Å². The van der Waals surface area contributed by atoms with Crippen LogP contribution in [0.15, 0.2) is 43.0 Å². The number of anilines is 1. The Morgan fingerprint density at radius 2 is 2.00 bits per heavy atom. The monoisotopic (exact) mass is 336 g/mol. The molecule has 0 aliphatic heterocycles. The number of alkyl halides is 3. The Hall–Kier alpha value is -3.17. The molecule has 0 fully saturated rings. The van der Waals surface area contributed by atoms with E-state index in [1.807, 2.05) is 0 Å². The highest BCUT2D eigenvalue weighted by atomic mass is 19.4. The molecule has 0 unspecified atom stereocenters. The molecule has 0 saturated heterocycles. The fourth-order valence-electron chi connectivity index (χ4n) is 2.12. The smallest absolute Gasteiger partial charge is 0.319 e. The Morgan fingerprint density at radius 1 is 1.21 bits per heavy atom. The summed E-state index contributed by atoms with van der Waals surface area (Å²) in [4.78, 5) is 16.1. The van der Waals surface area contributed by atoms with Gasteiger partial charge in [0.05, 0.1) is 23.6 Å². The molecule has 1 amide bonds. The van der Waals surface area contributed by atoms with E-state index in [4.69, 9.17) is 0 Å². The van der Waals surface area contributed by atoms with Gasteiger partial charge in [0, 0.05) is 19.4 Å². The molecular weight excluding hydrogens is 325 g/mol. The van der Waals surface area contributed by atoms with Gasteiger partial charge in [0.1, 0.15) is 0 Å². The second kappa shape index (κ2) is 5.80. The number of nitrogens with one attached hydrogen (secondary N) is 1. The summed E-state index contributed by atoms with van der Waals surface area (Å²) in [6.45, 7) is 0. The number of carbonyl (C=O) groups is 1. The molecule has 3 heterocycles. The number of pyridine rings is 1. The zero-order valence-electron chi connectivity index (χ0n) is 12.3. The standard InChI is InChI=1S/C14H11F3N6O/c1-22-8-9(6-19-22)21-13(24)10-7-20-23(12(10)14(15,16)17)11-4-2-3-5-18-11/h2-8H,1H3,(H,21,24). The Bertz CT molecular complexity index is 868. The van der Waals surface area contributed by atoms with Crippen molar-refractivity contribution in [2.45, 2.75) is 6.18 Å². The Labute approximate surface area is 133 Å². The minimum absolute atomic E-state index is 0.0368. The minimum atomic E-state index is -4.78. The third-order valence-corrected chi connectivity index (χ3v) is 3.11. The van der Waals surface area contributed by atoms with Crippen molar-refractivity contribution in [1.29, 1.82) is 0 Å². The molecular formula is C14H11F3N6O. The summed E-state index contributed by atoms with van der Waals surface area (Å²) in [5.74, 6) is -0.970. The predicted molar refractivity (Wildman–Crippen MR) is 77.5 cm³/mol. The lowest BCUT2D eigenvalue weighted by Crippen LogP contribution is -2.21. The first kappa shape index (κ1) is 15.7. The summed E-state index contributed by atoms with van der Waals surface area (Å²) in [7, 11) is 1.62. The van der Waals surface area contributed by atoms with Crippen LogP contribution in [0.4, 0.5) is 18.9 Å². The largest absolute Gasteiger partial charge is 0.434 e. The zero-order valence-corrected chi connectivity index (χ0v) is 12.3. The van der Waals surface area contributed by atoms with Gasteiger partial charge in [-0.05, 0) is 12.1 Å². The van der Waals surface area contributed by atoms with E-state index in [0.29, 0.717) is 4.68 Å². The summed E-state index contributed by atoms with van der Waals surface area (Å²) >= 11 is 0. The summed E-state index contributed by atoms with van der Waals surface area (Å²) in [5, 5.41) is 9.87. The first-order valence-corrected chi connectivity index (χ1v) is 6.73. The maximum Gasteiger partial charge on any atom is 0.434 e. The molecule has 0 atom stereocenters. The van der Waals surface area contributed by atoms with Gasteiger partial charge >= 0.3 is 6.18 Å². The van der Waals surface area contributed by atoms with E-state index in [1.54, 1.807) is 13.1 Å². The molecule has 0 radical (unpaired) electrons.